The highest BCUT2D eigenvalue weighted by molar-refractivity contribution is 5.55. The average Bonchev–Trinajstić information content (AvgIpc) is 3.38. The van der Waals surface area contributed by atoms with Gasteiger partial charge in [-0.1, -0.05) is 35.5 Å². The molecule has 4 heterocycles. The molecule has 26 heavy (non-hydrogen) atoms. The van der Waals surface area contributed by atoms with Crippen molar-refractivity contribution in [1.29, 1.82) is 0 Å². The van der Waals surface area contributed by atoms with Crippen LogP contribution in [0.15, 0.2) is 59.5 Å². The zero-order valence-corrected chi connectivity index (χ0v) is 14.1. The van der Waals surface area contributed by atoms with Gasteiger partial charge in [-0.15, -0.1) is 10.2 Å². The fraction of sp³-hybridized carbons (Fsp3) is 0.263. The molecular weight excluding hydrogens is 330 g/mol. The molecule has 7 heteroatoms. The van der Waals surface area contributed by atoms with Crippen molar-refractivity contribution in [3.63, 3.8) is 0 Å². The second-order valence-corrected chi connectivity index (χ2v) is 6.50. The van der Waals surface area contributed by atoms with Crippen molar-refractivity contribution in [1.82, 2.24) is 24.7 Å². The van der Waals surface area contributed by atoms with Crippen LogP contribution in [0.3, 0.4) is 0 Å². The van der Waals surface area contributed by atoms with Crippen molar-refractivity contribution in [2.75, 3.05) is 13.2 Å². The van der Waals surface area contributed by atoms with Gasteiger partial charge in [0.2, 0.25) is 0 Å². The van der Waals surface area contributed by atoms with Crippen LogP contribution in [0.1, 0.15) is 24.2 Å². The number of benzene rings is 1. The summed E-state index contributed by atoms with van der Waals surface area (Å²) in [6, 6.07) is 14.2. The molecule has 0 bridgehead atoms. The summed E-state index contributed by atoms with van der Waals surface area (Å²) in [6.07, 6.45) is 5.22. The molecule has 4 aromatic rings. The van der Waals surface area contributed by atoms with Crippen LogP contribution in [0.5, 0.6) is 0 Å². The third-order valence-electron chi connectivity index (χ3n) is 5.06. The molecule has 5 rings (SSSR count). The van der Waals surface area contributed by atoms with Crippen LogP contribution >= 0.6 is 0 Å². The molecule has 0 spiro atoms. The number of hydrogen-bond acceptors (Lipinski definition) is 6. The van der Waals surface area contributed by atoms with Crippen LogP contribution < -0.4 is 0 Å². The van der Waals surface area contributed by atoms with E-state index in [1.165, 1.54) is 5.56 Å². The number of hydrogen-bond donors (Lipinski definition) is 0. The lowest BCUT2D eigenvalue weighted by Crippen LogP contribution is -2.36. The molecule has 1 aliphatic rings. The summed E-state index contributed by atoms with van der Waals surface area (Å²) in [6.45, 7) is 1.37. The van der Waals surface area contributed by atoms with Crippen LogP contribution in [-0.4, -0.2) is 38.0 Å². The van der Waals surface area contributed by atoms with Crippen molar-refractivity contribution in [2.45, 2.75) is 18.3 Å². The molecule has 1 aromatic carbocycles. The van der Waals surface area contributed by atoms with Crippen LogP contribution in [0, 0.1) is 0 Å². The number of fused-ring (bicyclic) bond motifs is 1. The van der Waals surface area contributed by atoms with Gasteiger partial charge in [-0.05, 0) is 30.5 Å². The Hall–Kier alpha value is -3.06. The van der Waals surface area contributed by atoms with Crippen molar-refractivity contribution in [2.24, 2.45) is 0 Å². The van der Waals surface area contributed by atoms with E-state index in [9.17, 15) is 0 Å². The van der Waals surface area contributed by atoms with E-state index in [1.54, 1.807) is 6.33 Å². The fourth-order valence-electron chi connectivity index (χ4n) is 3.61. The summed E-state index contributed by atoms with van der Waals surface area (Å²) >= 11 is 0. The topological polar surface area (TPSA) is 78.3 Å². The molecule has 3 aromatic heterocycles. The lowest BCUT2D eigenvalue weighted by atomic mass is 9.73. The highest BCUT2D eigenvalue weighted by Gasteiger charge is 2.40. The second-order valence-electron chi connectivity index (χ2n) is 6.50. The molecule has 0 N–H and O–H groups in total. The maximum absolute atomic E-state index is 5.62. The fourth-order valence-corrected chi connectivity index (χ4v) is 3.61. The minimum atomic E-state index is -0.276. The van der Waals surface area contributed by atoms with Crippen LogP contribution in [-0.2, 0) is 10.2 Å². The van der Waals surface area contributed by atoms with Crippen molar-refractivity contribution < 1.29 is 9.26 Å². The summed E-state index contributed by atoms with van der Waals surface area (Å²) < 4.78 is 13.0. The van der Waals surface area contributed by atoms with Crippen LogP contribution in [0.2, 0.25) is 0 Å². The summed E-state index contributed by atoms with van der Waals surface area (Å²) in [5, 5.41) is 12.3. The minimum Gasteiger partial charge on any atom is -0.381 e. The monoisotopic (exact) mass is 347 g/mol. The molecule has 1 aliphatic heterocycles. The number of rotatable bonds is 3. The Morgan fingerprint density at radius 1 is 1.00 bits per heavy atom. The van der Waals surface area contributed by atoms with E-state index in [2.05, 4.69) is 27.5 Å². The Morgan fingerprint density at radius 2 is 1.85 bits per heavy atom. The molecule has 0 atom stereocenters. The summed E-state index contributed by atoms with van der Waals surface area (Å²) in [4.78, 5) is 4.76. The number of aromatic nitrogens is 5. The molecule has 0 unspecified atom stereocenters. The van der Waals surface area contributed by atoms with Gasteiger partial charge >= 0.3 is 0 Å². The predicted octanol–water partition coefficient (Wildman–Crippen LogP) is 2.88. The Bertz CT molecular complexity index is 1030. The first-order valence-corrected chi connectivity index (χ1v) is 8.62. The third kappa shape index (κ3) is 2.40. The first kappa shape index (κ1) is 15.2. The molecule has 130 valence electrons. The van der Waals surface area contributed by atoms with Gasteiger partial charge in [-0.2, -0.15) is 4.98 Å². The van der Waals surface area contributed by atoms with E-state index in [1.807, 2.05) is 40.9 Å². The molecular formula is C19H17N5O2. The van der Waals surface area contributed by atoms with Gasteiger partial charge in [0, 0.05) is 19.4 Å². The average molecular weight is 347 g/mol. The quantitative estimate of drug-likeness (QED) is 0.567. The van der Waals surface area contributed by atoms with E-state index >= 15 is 0 Å². The van der Waals surface area contributed by atoms with Gasteiger partial charge in [-0.3, -0.25) is 4.40 Å². The maximum atomic E-state index is 5.62. The van der Waals surface area contributed by atoms with E-state index in [0.29, 0.717) is 24.9 Å². The Balaban J connectivity index is 1.58. The maximum Gasteiger partial charge on any atom is 0.259 e. The largest absolute Gasteiger partial charge is 0.381 e. The van der Waals surface area contributed by atoms with Gasteiger partial charge in [0.15, 0.2) is 11.5 Å². The first-order chi connectivity index (χ1) is 12.9. The van der Waals surface area contributed by atoms with Crippen molar-refractivity contribution in [3.8, 4) is 11.5 Å². The molecule has 0 saturated carbocycles. The Kier molecular flexibility index (Phi) is 3.53. The van der Waals surface area contributed by atoms with Gasteiger partial charge < -0.3 is 9.26 Å². The van der Waals surface area contributed by atoms with Gasteiger partial charge in [0.05, 0.1) is 11.0 Å². The van der Waals surface area contributed by atoms with Crippen LogP contribution in [0.25, 0.3) is 17.1 Å². The highest BCUT2D eigenvalue weighted by atomic mass is 16.5. The highest BCUT2D eigenvalue weighted by Crippen LogP contribution is 2.40. The zero-order valence-electron chi connectivity index (χ0n) is 14.1. The summed E-state index contributed by atoms with van der Waals surface area (Å²) in [5.74, 6) is 1.21. The SMILES string of the molecule is c1ccc(C2(c3noc(-c4ccc5nncn5c4)n3)CCOCC2)cc1. The predicted molar refractivity (Wildman–Crippen MR) is 93.6 cm³/mol. The second kappa shape index (κ2) is 6.03. The number of ether oxygens (including phenoxy) is 1. The van der Waals surface area contributed by atoms with Crippen LogP contribution in [0.4, 0.5) is 0 Å². The number of nitrogens with zero attached hydrogens (tertiary/aromatic N) is 5. The molecule has 7 nitrogen and oxygen atoms in total. The lowest BCUT2D eigenvalue weighted by molar-refractivity contribution is 0.0597. The third-order valence-corrected chi connectivity index (χ3v) is 5.06. The Morgan fingerprint density at radius 3 is 2.69 bits per heavy atom. The Labute approximate surface area is 149 Å². The molecule has 0 aliphatic carbocycles. The first-order valence-electron chi connectivity index (χ1n) is 8.62. The molecule has 0 radical (unpaired) electrons. The standard InChI is InChI=1S/C19H17N5O2/c1-2-4-15(5-3-1)19(8-10-25-11-9-19)18-21-17(26-23-18)14-6-7-16-22-20-13-24(16)12-14/h1-7,12-13H,8-11H2. The summed E-state index contributed by atoms with van der Waals surface area (Å²) in [7, 11) is 0. The van der Waals surface area contributed by atoms with Crippen molar-refractivity contribution >= 4 is 5.65 Å². The molecule has 1 fully saturated rings. The van der Waals surface area contributed by atoms with Gasteiger partial charge in [0.25, 0.3) is 5.89 Å². The molecule has 1 saturated heterocycles. The van der Waals surface area contributed by atoms with E-state index in [4.69, 9.17) is 14.2 Å². The lowest BCUT2D eigenvalue weighted by Gasteiger charge is -2.34. The normalized spacial score (nSPS) is 16.8. The summed E-state index contributed by atoms with van der Waals surface area (Å²) in [5.41, 5.74) is 2.54. The zero-order chi connectivity index (χ0) is 17.4. The van der Waals surface area contributed by atoms with E-state index < -0.39 is 0 Å². The number of pyridine rings is 1. The molecule has 0 amide bonds. The van der Waals surface area contributed by atoms with Crippen molar-refractivity contribution in [3.05, 3.63) is 66.4 Å². The minimum absolute atomic E-state index is 0.276. The van der Waals surface area contributed by atoms with E-state index in [-0.39, 0.29) is 5.41 Å². The van der Waals surface area contributed by atoms with E-state index in [0.717, 1.165) is 24.1 Å². The van der Waals surface area contributed by atoms with Gasteiger partial charge in [-0.25, -0.2) is 0 Å². The smallest absolute Gasteiger partial charge is 0.259 e. The van der Waals surface area contributed by atoms with Gasteiger partial charge in [0.1, 0.15) is 6.33 Å².